The van der Waals surface area contributed by atoms with Crippen molar-refractivity contribution in [1.29, 1.82) is 0 Å². The number of methoxy groups -OCH3 is 1. The Kier molecular flexibility index (Phi) is 3.67. The molecule has 0 spiro atoms. The average molecular weight is 182 g/mol. The molecule has 0 unspecified atom stereocenters. The molecule has 72 valence electrons. The molecular formula is C9H14N2O2. The van der Waals surface area contributed by atoms with E-state index in [1.54, 1.807) is 25.4 Å². The second-order valence-corrected chi connectivity index (χ2v) is 2.71. The van der Waals surface area contributed by atoms with Gasteiger partial charge >= 0.3 is 0 Å². The zero-order valence-electron chi connectivity index (χ0n) is 7.60. The summed E-state index contributed by atoms with van der Waals surface area (Å²) in [4.78, 5) is 4.02. The summed E-state index contributed by atoms with van der Waals surface area (Å²) in [5, 5.41) is 9.54. The fraction of sp³-hybridized carbons (Fsp3) is 0.444. The summed E-state index contributed by atoms with van der Waals surface area (Å²) in [7, 11) is 1.58. The lowest BCUT2D eigenvalue weighted by atomic mass is 10.1. The maximum atomic E-state index is 9.54. The lowest BCUT2D eigenvalue weighted by Crippen LogP contribution is -2.08. The van der Waals surface area contributed by atoms with E-state index in [4.69, 9.17) is 10.5 Å². The summed E-state index contributed by atoms with van der Waals surface area (Å²) < 4.78 is 5.00. The number of aliphatic hydroxyl groups is 1. The van der Waals surface area contributed by atoms with E-state index in [2.05, 4.69) is 4.98 Å². The van der Waals surface area contributed by atoms with Crippen LogP contribution in [0.25, 0.3) is 0 Å². The highest BCUT2D eigenvalue weighted by Gasteiger charge is 2.08. The Balaban J connectivity index is 2.75. The van der Waals surface area contributed by atoms with Crippen LogP contribution in [0.4, 0.5) is 0 Å². The Labute approximate surface area is 77.4 Å². The van der Waals surface area contributed by atoms with E-state index in [1.165, 1.54) is 0 Å². The number of pyridine rings is 1. The molecule has 1 aromatic rings. The Bertz CT molecular complexity index is 266. The van der Waals surface area contributed by atoms with Crippen LogP contribution in [0, 0.1) is 0 Å². The van der Waals surface area contributed by atoms with Crippen LogP contribution in [-0.2, 0) is 0 Å². The van der Waals surface area contributed by atoms with E-state index < -0.39 is 6.10 Å². The predicted octanol–water partition coefficient (Wildman–Crippen LogP) is 0.472. The monoisotopic (exact) mass is 182 g/mol. The minimum Gasteiger partial charge on any atom is -0.497 e. The molecule has 4 nitrogen and oxygen atoms in total. The first-order valence-electron chi connectivity index (χ1n) is 4.16. The number of aromatic nitrogens is 1. The Morgan fingerprint density at radius 2 is 2.46 bits per heavy atom. The molecule has 13 heavy (non-hydrogen) atoms. The van der Waals surface area contributed by atoms with E-state index >= 15 is 0 Å². The molecule has 0 aliphatic heterocycles. The van der Waals surface area contributed by atoms with Crippen molar-refractivity contribution in [3.63, 3.8) is 0 Å². The highest BCUT2D eigenvalue weighted by molar-refractivity contribution is 5.23. The van der Waals surface area contributed by atoms with Crippen LogP contribution < -0.4 is 10.5 Å². The number of hydrogen-bond donors (Lipinski definition) is 2. The van der Waals surface area contributed by atoms with Gasteiger partial charge in [0.25, 0.3) is 0 Å². The Morgan fingerprint density at radius 3 is 3.08 bits per heavy atom. The zero-order valence-corrected chi connectivity index (χ0v) is 7.60. The third-order valence-electron chi connectivity index (χ3n) is 1.77. The highest BCUT2D eigenvalue weighted by atomic mass is 16.5. The summed E-state index contributed by atoms with van der Waals surface area (Å²) in [6.07, 6.45) is 1.52. The molecule has 1 atom stereocenters. The van der Waals surface area contributed by atoms with Crippen LogP contribution in [0.5, 0.6) is 5.75 Å². The van der Waals surface area contributed by atoms with E-state index in [9.17, 15) is 5.11 Å². The van der Waals surface area contributed by atoms with Crippen LogP contribution in [-0.4, -0.2) is 23.7 Å². The van der Waals surface area contributed by atoms with Crippen LogP contribution in [0.15, 0.2) is 18.3 Å². The largest absolute Gasteiger partial charge is 0.497 e. The minimum atomic E-state index is -0.597. The van der Waals surface area contributed by atoms with Crippen molar-refractivity contribution in [3.8, 4) is 5.75 Å². The van der Waals surface area contributed by atoms with Crippen molar-refractivity contribution < 1.29 is 9.84 Å². The number of aliphatic hydroxyl groups excluding tert-OH is 1. The molecule has 1 aromatic heterocycles. The van der Waals surface area contributed by atoms with Gasteiger partial charge in [0, 0.05) is 12.3 Å². The number of nitrogens with two attached hydrogens (primary N) is 1. The number of hydrogen-bond acceptors (Lipinski definition) is 4. The standard InChI is InChI=1S/C9H14N2O2/c1-13-7-3-5-11-8(6-7)9(12)2-4-10/h3,5-6,9,12H,2,4,10H2,1H3/t9-/m0/s1. The van der Waals surface area contributed by atoms with Crippen molar-refractivity contribution in [2.24, 2.45) is 5.73 Å². The van der Waals surface area contributed by atoms with Crippen molar-refractivity contribution >= 4 is 0 Å². The van der Waals surface area contributed by atoms with Gasteiger partial charge in [0.15, 0.2) is 0 Å². The molecule has 0 amide bonds. The number of ether oxygens (including phenoxy) is 1. The molecule has 0 aromatic carbocycles. The molecule has 4 heteroatoms. The molecule has 0 radical (unpaired) electrons. The first-order chi connectivity index (χ1) is 6.27. The predicted molar refractivity (Wildman–Crippen MR) is 49.4 cm³/mol. The normalized spacial score (nSPS) is 12.5. The highest BCUT2D eigenvalue weighted by Crippen LogP contribution is 2.17. The van der Waals surface area contributed by atoms with Gasteiger partial charge in [-0.2, -0.15) is 0 Å². The van der Waals surface area contributed by atoms with Gasteiger partial charge < -0.3 is 15.6 Å². The number of nitrogens with zero attached hydrogens (tertiary/aromatic N) is 1. The quantitative estimate of drug-likeness (QED) is 0.710. The van der Waals surface area contributed by atoms with Gasteiger partial charge in [0.2, 0.25) is 0 Å². The van der Waals surface area contributed by atoms with E-state index in [0.717, 1.165) is 0 Å². The summed E-state index contributed by atoms with van der Waals surface area (Å²) in [5.41, 5.74) is 5.92. The molecular weight excluding hydrogens is 168 g/mol. The summed E-state index contributed by atoms with van der Waals surface area (Å²) in [6.45, 7) is 0.445. The van der Waals surface area contributed by atoms with E-state index in [-0.39, 0.29) is 0 Å². The Morgan fingerprint density at radius 1 is 1.69 bits per heavy atom. The third kappa shape index (κ3) is 2.68. The first-order valence-corrected chi connectivity index (χ1v) is 4.16. The van der Waals surface area contributed by atoms with Gasteiger partial charge in [-0.3, -0.25) is 4.98 Å². The molecule has 1 rings (SSSR count). The van der Waals surface area contributed by atoms with Gasteiger partial charge in [0.1, 0.15) is 5.75 Å². The maximum absolute atomic E-state index is 9.54. The van der Waals surface area contributed by atoms with Crippen molar-refractivity contribution in [2.75, 3.05) is 13.7 Å². The molecule has 0 aliphatic rings. The van der Waals surface area contributed by atoms with Gasteiger partial charge in [-0.05, 0) is 19.0 Å². The van der Waals surface area contributed by atoms with Crippen LogP contribution >= 0.6 is 0 Å². The van der Waals surface area contributed by atoms with Gasteiger partial charge in [0.05, 0.1) is 18.9 Å². The molecule has 0 saturated heterocycles. The summed E-state index contributed by atoms with van der Waals surface area (Å²) in [6, 6.07) is 3.44. The van der Waals surface area contributed by atoms with Crippen molar-refractivity contribution in [1.82, 2.24) is 4.98 Å². The minimum absolute atomic E-state index is 0.445. The van der Waals surface area contributed by atoms with Gasteiger partial charge in [-0.25, -0.2) is 0 Å². The molecule has 0 bridgehead atoms. The lowest BCUT2D eigenvalue weighted by Gasteiger charge is -2.09. The van der Waals surface area contributed by atoms with Crippen LogP contribution in [0.2, 0.25) is 0 Å². The summed E-state index contributed by atoms with van der Waals surface area (Å²) >= 11 is 0. The molecule has 0 aliphatic carbocycles. The van der Waals surface area contributed by atoms with Crippen LogP contribution in [0.1, 0.15) is 18.2 Å². The van der Waals surface area contributed by atoms with Gasteiger partial charge in [-0.15, -0.1) is 0 Å². The van der Waals surface area contributed by atoms with Crippen molar-refractivity contribution in [2.45, 2.75) is 12.5 Å². The smallest absolute Gasteiger partial charge is 0.122 e. The average Bonchev–Trinajstić information content (AvgIpc) is 2.18. The molecule has 3 N–H and O–H groups in total. The van der Waals surface area contributed by atoms with Crippen LogP contribution in [0.3, 0.4) is 0 Å². The maximum Gasteiger partial charge on any atom is 0.122 e. The van der Waals surface area contributed by atoms with Gasteiger partial charge in [-0.1, -0.05) is 0 Å². The summed E-state index contributed by atoms with van der Waals surface area (Å²) in [5.74, 6) is 0.695. The molecule has 0 fully saturated rings. The Hall–Kier alpha value is -1.13. The van der Waals surface area contributed by atoms with E-state index in [0.29, 0.717) is 24.4 Å². The lowest BCUT2D eigenvalue weighted by molar-refractivity contribution is 0.165. The second-order valence-electron chi connectivity index (χ2n) is 2.71. The van der Waals surface area contributed by atoms with Crippen molar-refractivity contribution in [3.05, 3.63) is 24.0 Å². The topological polar surface area (TPSA) is 68.4 Å². The van der Waals surface area contributed by atoms with E-state index in [1.807, 2.05) is 0 Å². The molecule has 1 heterocycles. The fourth-order valence-corrected chi connectivity index (χ4v) is 1.04. The SMILES string of the molecule is COc1ccnc([C@@H](O)CCN)c1. The first kappa shape index (κ1) is 9.95. The number of rotatable bonds is 4. The third-order valence-corrected chi connectivity index (χ3v) is 1.77. The second kappa shape index (κ2) is 4.79. The zero-order chi connectivity index (χ0) is 9.68. The fourth-order valence-electron chi connectivity index (χ4n) is 1.04. The molecule has 0 saturated carbocycles.